The third kappa shape index (κ3) is 47.3. The lowest BCUT2D eigenvalue weighted by atomic mass is 10.0. The Bertz CT molecular complexity index is 1250. The minimum Gasteiger partial charge on any atom is -0.462 e. The van der Waals surface area contributed by atoms with E-state index in [4.69, 9.17) is 4.74 Å². The van der Waals surface area contributed by atoms with Crippen molar-refractivity contribution in [1.82, 2.24) is 5.32 Å². The van der Waals surface area contributed by atoms with Crippen molar-refractivity contribution in [3.8, 4) is 0 Å². The number of carbonyl (C=O) groups is 2. The Hall–Kier alpha value is -2.96. The van der Waals surface area contributed by atoms with Crippen molar-refractivity contribution in [2.24, 2.45) is 0 Å². The van der Waals surface area contributed by atoms with Crippen LogP contribution < -0.4 is 5.32 Å². The maximum Gasteiger partial charge on any atom is 0.306 e. The third-order valence-corrected chi connectivity index (χ3v) is 12.1. The van der Waals surface area contributed by atoms with Crippen LogP contribution in [0.5, 0.6) is 0 Å². The van der Waals surface area contributed by atoms with Gasteiger partial charge in [0.25, 0.3) is 0 Å². The van der Waals surface area contributed by atoms with E-state index in [1.54, 1.807) is 0 Å². The molecule has 374 valence electrons. The summed E-state index contributed by atoms with van der Waals surface area (Å²) in [5.74, 6) is -0.572. The summed E-state index contributed by atoms with van der Waals surface area (Å²) in [6.45, 7) is 6.32. The van der Waals surface area contributed by atoms with Gasteiger partial charge in [-0.15, -0.1) is 0 Å². The van der Waals surface area contributed by atoms with Gasteiger partial charge < -0.3 is 20.3 Å². The standard InChI is InChI=1S/C59H103NO5/c1-4-7-10-13-16-19-22-25-28-29-31-33-36-39-42-45-48-51-57(62)56(54-61)60-58(63)53-55(50-47-44-41-38-35-32-27-24-21-18-15-12-9-6-3)65-59(64)52-49-46-43-40-37-34-30-26-23-20-17-14-11-8-5-2/h8,11,14,17,20,23,26,30,32,34-35,37-38,41,55-57,61-62H,4-7,9-10,12-13,15-16,18-19,21-22,24-25,27-29,31,33,36,39-40,42-54H2,1-3H3,(H,60,63)/b11-8+,17-14+,23-20-,30-26-,35-32+,37-34+,41-38+. The van der Waals surface area contributed by atoms with Crippen LogP contribution in [0.15, 0.2) is 85.1 Å². The van der Waals surface area contributed by atoms with Crippen molar-refractivity contribution >= 4 is 11.9 Å². The molecule has 0 aliphatic carbocycles. The molecule has 1 amide bonds. The first-order valence-electron chi connectivity index (χ1n) is 27.4. The topological polar surface area (TPSA) is 95.9 Å². The molecule has 0 saturated heterocycles. The molecular formula is C59H103NO5. The molecule has 0 bridgehead atoms. The lowest BCUT2D eigenvalue weighted by Gasteiger charge is -2.24. The fraction of sp³-hybridized carbons (Fsp3) is 0.729. The molecule has 0 spiro atoms. The van der Waals surface area contributed by atoms with Crippen LogP contribution in [0.3, 0.4) is 0 Å². The molecule has 0 rings (SSSR count). The summed E-state index contributed by atoms with van der Waals surface area (Å²) in [6.07, 6.45) is 67.9. The number of hydrogen-bond acceptors (Lipinski definition) is 5. The lowest BCUT2D eigenvalue weighted by Crippen LogP contribution is -2.46. The average molecular weight is 906 g/mol. The molecule has 3 atom stereocenters. The first-order valence-corrected chi connectivity index (χ1v) is 27.4. The summed E-state index contributed by atoms with van der Waals surface area (Å²) < 4.78 is 5.90. The van der Waals surface area contributed by atoms with E-state index in [0.29, 0.717) is 19.3 Å². The number of carbonyl (C=O) groups excluding carboxylic acids is 2. The van der Waals surface area contributed by atoms with Gasteiger partial charge in [-0.1, -0.05) is 260 Å². The van der Waals surface area contributed by atoms with Gasteiger partial charge in [-0.05, 0) is 64.2 Å². The maximum absolute atomic E-state index is 13.2. The third-order valence-electron chi connectivity index (χ3n) is 12.1. The minimum atomic E-state index is -0.812. The van der Waals surface area contributed by atoms with Crippen molar-refractivity contribution in [3.63, 3.8) is 0 Å². The molecule has 0 aromatic carbocycles. The molecule has 0 aromatic heterocycles. The maximum atomic E-state index is 13.2. The van der Waals surface area contributed by atoms with Crippen molar-refractivity contribution in [3.05, 3.63) is 85.1 Å². The van der Waals surface area contributed by atoms with Gasteiger partial charge in [-0.25, -0.2) is 0 Å². The highest BCUT2D eigenvalue weighted by molar-refractivity contribution is 5.77. The second-order valence-electron chi connectivity index (χ2n) is 18.4. The number of unbranched alkanes of at least 4 members (excludes halogenated alkanes) is 27. The quantitative estimate of drug-likeness (QED) is 0.0321. The first-order chi connectivity index (χ1) is 32.0. The minimum absolute atomic E-state index is 0.0237. The number of nitrogens with one attached hydrogen (secondary N) is 1. The molecule has 0 saturated carbocycles. The number of rotatable bonds is 48. The average Bonchev–Trinajstić information content (AvgIpc) is 3.30. The lowest BCUT2D eigenvalue weighted by molar-refractivity contribution is -0.151. The van der Waals surface area contributed by atoms with Crippen molar-refractivity contribution in [2.45, 2.75) is 270 Å². The Balaban J connectivity index is 4.66. The zero-order valence-electron chi connectivity index (χ0n) is 42.6. The van der Waals surface area contributed by atoms with Crippen molar-refractivity contribution in [1.29, 1.82) is 0 Å². The summed E-state index contributed by atoms with van der Waals surface area (Å²) >= 11 is 0. The number of aliphatic hydroxyl groups is 2. The molecule has 6 heteroatoms. The van der Waals surface area contributed by atoms with Crippen LogP contribution in [-0.2, 0) is 14.3 Å². The number of hydrogen-bond donors (Lipinski definition) is 3. The highest BCUT2D eigenvalue weighted by atomic mass is 16.5. The van der Waals surface area contributed by atoms with E-state index < -0.39 is 18.2 Å². The zero-order valence-corrected chi connectivity index (χ0v) is 42.6. The molecule has 0 aliphatic rings. The highest BCUT2D eigenvalue weighted by Crippen LogP contribution is 2.17. The number of allylic oxidation sites excluding steroid dienone is 14. The van der Waals surface area contributed by atoms with Gasteiger partial charge in [-0.3, -0.25) is 9.59 Å². The van der Waals surface area contributed by atoms with E-state index in [9.17, 15) is 19.8 Å². The van der Waals surface area contributed by atoms with Gasteiger partial charge in [0.1, 0.15) is 6.10 Å². The Kier molecular flexibility index (Phi) is 49.6. The molecule has 3 N–H and O–H groups in total. The summed E-state index contributed by atoms with van der Waals surface area (Å²) in [7, 11) is 0. The fourth-order valence-electron chi connectivity index (χ4n) is 7.98. The molecule has 0 aliphatic heterocycles. The molecule has 3 unspecified atom stereocenters. The van der Waals surface area contributed by atoms with E-state index in [2.05, 4.69) is 68.6 Å². The van der Waals surface area contributed by atoms with Crippen molar-refractivity contribution < 1.29 is 24.5 Å². The van der Waals surface area contributed by atoms with E-state index in [1.807, 2.05) is 42.5 Å². The van der Waals surface area contributed by atoms with Gasteiger partial charge in [0.15, 0.2) is 0 Å². The molecule has 65 heavy (non-hydrogen) atoms. The van der Waals surface area contributed by atoms with Gasteiger partial charge >= 0.3 is 5.97 Å². The van der Waals surface area contributed by atoms with E-state index in [0.717, 1.165) is 70.6 Å². The molecular weight excluding hydrogens is 803 g/mol. The summed E-state index contributed by atoms with van der Waals surface area (Å²) in [6, 6.07) is -0.730. The van der Waals surface area contributed by atoms with Gasteiger partial charge in [0, 0.05) is 6.42 Å². The summed E-state index contributed by atoms with van der Waals surface area (Å²) in [5.41, 5.74) is 0. The normalized spacial score (nSPS) is 13.9. The molecule has 0 heterocycles. The van der Waals surface area contributed by atoms with Crippen LogP contribution in [0.1, 0.15) is 252 Å². The monoisotopic (exact) mass is 906 g/mol. The van der Waals surface area contributed by atoms with Crippen LogP contribution in [-0.4, -0.2) is 46.9 Å². The number of esters is 1. The Morgan fingerprint density at radius 3 is 1.31 bits per heavy atom. The van der Waals surface area contributed by atoms with Crippen LogP contribution >= 0.6 is 0 Å². The smallest absolute Gasteiger partial charge is 0.306 e. The fourth-order valence-corrected chi connectivity index (χ4v) is 7.98. The van der Waals surface area contributed by atoms with Crippen LogP contribution in [0.25, 0.3) is 0 Å². The Labute approximate surface area is 402 Å². The summed E-state index contributed by atoms with van der Waals surface area (Å²) in [5, 5.41) is 23.8. The van der Waals surface area contributed by atoms with Crippen LogP contribution in [0, 0.1) is 0 Å². The molecule has 0 radical (unpaired) electrons. The second-order valence-corrected chi connectivity index (χ2v) is 18.4. The molecule has 6 nitrogen and oxygen atoms in total. The van der Waals surface area contributed by atoms with Gasteiger partial charge in [-0.2, -0.15) is 0 Å². The van der Waals surface area contributed by atoms with Crippen LogP contribution in [0.2, 0.25) is 0 Å². The SMILES string of the molecule is CC/C=C/C=C/C=C\C=C/C=C/CCCCCC(=O)OC(CCC/C=C/C=C/CCCCCCCCC)CC(=O)NC(CO)C(O)CCCCCCCCCCCCCCCCCCC. The number of amides is 1. The van der Waals surface area contributed by atoms with Gasteiger partial charge in [0.05, 0.1) is 25.2 Å². The Morgan fingerprint density at radius 1 is 0.462 bits per heavy atom. The van der Waals surface area contributed by atoms with E-state index >= 15 is 0 Å². The second kappa shape index (κ2) is 52.0. The molecule has 0 fully saturated rings. The largest absolute Gasteiger partial charge is 0.462 e. The highest BCUT2D eigenvalue weighted by Gasteiger charge is 2.24. The van der Waals surface area contributed by atoms with Crippen molar-refractivity contribution in [2.75, 3.05) is 6.61 Å². The predicted molar refractivity (Wildman–Crippen MR) is 282 cm³/mol. The summed E-state index contributed by atoms with van der Waals surface area (Å²) in [4.78, 5) is 26.2. The predicted octanol–water partition coefficient (Wildman–Crippen LogP) is 16.7. The number of ether oxygens (including phenoxy) is 1. The Morgan fingerprint density at radius 2 is 0.846 bits per heavy atom. The first kappa shape index (κ1) is 62.0. The number of aliphatic hydroxyl groups excluding tert-OH is 2. The zero-order chi connectivity index (χ0) is 47.4. The van der Waals surface area contributed by atoms with Crippen LogP contribution in [0.4, 0.5) is 0 Å². The molecule has 0 aromatic rings. The van der Waals surface area contributed by atoms with Gasteiger partial charge in [0.2, 0.25) is 5.91 Å². The van der Waals surface area contributed by atoms with E-state index in [1.165, 1.54) is 135 Å². The van der Waals surface area contributed by atoms with E-state index in [-0.39, 0.29) is 24.9 Å².